The lowest BCUT2D eigenvalue weighted by Crippen LogP contribution is -2.09. The fourth-order valence-electron chi connectivity index (χ4n) is 12.9. The molecule has 0 fully saturated rings. The van der Waals surface area contributed by atoms with E-state index in [4.69, 9.17) is 0 Å². The van der Waals surface area contributed by atoms with Crippen LogP contribution in [0.5, 0.6) is 0 Å². The highest BCUT2D eigenvalue weighted by Crippen LogP contribution is 2.49. The van der Waals surface area contributed by atoms with Gasteiger partial charge in [-0.05, 0) is 153 Å². The Morgan fingerprint density at radius 3 is 1.34 bits per heavy atom. The van der Waals surface area contributed by atoms with Crippen molar-refractivity contribution in [3.63, 3.8) is 0 Å². The second kappa shape index (κ2) is 18.5. The van der Waals surface area contributed by atoms with Crippen molar-refractivity contribution < 1.29 is 13.2 Å². The molecule has 11 aromatic rings. The van der Waals surface area contributed by atoms with Crippen molar-refractivity contribution >= 4 is 50.4 Å². The minimum absolute atomic E-state index is 0.411. The number of hydrogen-bond donors (Lipinski definition) is 0. The van der Waals surface area contributed by atoms with Gasteiger partial charge in [-0.2, -0.15) is 18.4 Å². The highest BCUT2D eigenvalue weighted by molar-refractivity contribution is 6.12. The molecular weight excluding hydrogens is 976 g/mol. The van der Waals surface area contributed by atoms with Crippen molar-refractivity contribution in [3.05, 3.63) is 254 Å². The number of fused-ring (bicyclic) bond motifs is 10. The molecule has 1 aliphatic heterocycles. The highest BCUT2D eigenvalue weighted by Gasteiger charge is 2.34. The first-order valence-corrected chi connectivity index (χ1v) is 26.9. The highest BCUT2D eigenvalue weighted by atomic mass is 19.4. The lowest BCUT2D eigenvalue weighted by atomic mass is 9.92. The van der Waals surface area contributed by atoms with Crippen LogP contribution in [0, 0.1) is 66.7 Å². The first-order valence-electron chi connectivity index (χ1n) is 26.9. The van der Waals surface area contributed by atoms with E-state index >= 15 is 13.2 Å². The van der Waals surface area contributed by atoms with Crippen LogP contribution in [0.1, 0.15) is 83.9 Å². The number of aromatic nitrogens is 2. The van der Waals surface area contributed by atoms with Gasteiger partial charge in [0.25, 0.3) is 0 Å². The summed E-state index contributed by atoms with van der Waals surface area (Å²) in [6.45, 7) is 16.9. The standard InChI is InChI=1S/C73H56F3N3/c1-41-21-42(2)26-56(25-41)50-14-19-65-64-18-13-53(59-31-47(7)24-48(8)32-59)39-68(64)79-70-34-49(40-77)33-69(71(70)61-20-15-60(73(74,75)76)36-54(61)9-10-55(35-50)72(65)79)78-66-37-51(57-27-43(3)22-44(4)28-57)11-16-62(66)63-17-12-52(38-67(63)78)58-29-45(5)23-46(6)30-58/h9-39,55H,1-8H3/b10-9-/t55-/m0/s1. The van der Waals surface area contributed by atoms with E-state index in [9.17, 15) is 5.26 Å². The van der Waals surface area contributed by atoms with Crippen LogP contribution in [0.15, 0.2) is 176 Å². The normalized spacial score (nSPS) is 14.3. The SMILES string of the molecule is Cc1cc(C)cc(C2=C[C@@H]3/C=C\c4cc(C(F)(F)F)ccc4-c4c(cc(C#N)cc4-n4c5cc(-c6cc(C)cc(C)c6)ccc5c5ccc(-c6cc(C)cc(C)c6)cc54)-n4c3c(c3ccc(-c5cc(C)cc(C)c5)cc34)C=C2)c1. The quantitative estimate of drug-likeness (QED) is 0.169. The maximum atomic E-state index is 15.2. The lowest BCUT2D eigenvalue weighted by molar-refractivity contribution is -0.137. The number of halogens is 3. The molecule has 3 heterocycles. The van der Waals surface area contributed by atoms with Gasteiger partial charge in [-0.15, -0.1) is 0 Å². The molecule has 2 aromatic heterocycles. The summed E-state index contributed by atoms with van der Waals surface area (Å²) in [5.74, 6) is -0.436. The molecule has 2 aliphatic rings. The summed E-state index contributed by atoms with van der Waals surface area (Å²) in [7, 11) is 0. The summed E-state index contributed by atoms with van der Waals surface area (Å²) in [4.78, 5) is 0. The van der Waals surface area contributed by atoms with Crippen molar-refractivity contribution in [3.8, 4) is 62.0 Å². The van der Waals surface area contributed by atoms with Gasteiger partial charge in [0.05, 0.1) is 45.1 Å². The average molecular weight is 1030 g/mol. The fraction of sp³-hybridized carbons (Fsp3) is 0.137. The molecule has 13 rings (SSSR count). The molecule has 0 amide bonds. The zero-order chi connectivity index (χ0) is 54.8. The molecule has 384 valence electrons. The molecule has 3 nitrogen and oxygen atoms in total. The first-order chi connectivity index (χ1) is 37.9. The largest absolute Gasteiger partial charge is 0.416 e. The van der Waals surface area contributed by atoms with Gasteiger partial charge in [0, 0.05) is 38.9 Å². The zero-order valence-electron chi connectivity index (χ0n) is 45.5. The summed E-state index contributed by atoms with van der Waals surface area (Å²) < 4.78 is 50.1. The molecule has 79 heavy (non-hydrogen) atoms. The maximum absolute atomic E-state index is 15.2. The van der Waals surface area contributed by atoms with Crippen molar-refractivity contribution in [2.75, 3.05) is 0 Å². The predicted octanol–water partition coefficient (Wildman–Crippen LogP) is 20.0. The van der Waals surface area contributed by atoms with Crippen LogP contribution in [-0.2, 0) is 6.18 Å². The number of aryl methyl sites for hydroxylation is 8. The predicted molar refractivity (Wildman–Crippen MR) is 322 cm³/mol. The van der Waals surface area contributed by atoms with Gasteiger partial charge in [-0.1, -0.05) is 190 Å². The fourth-order valence-corrected chi connectivity index (χ4v) is 12.9. The second-order valence-corrected chi connectivity index (χ2v) is 22.3. The Hall–Kier alpha value is -9.18. The number of alkyl halides is 3. The third kappa shape index (κ3) is 8.62. The van der Waals surface area contributed by atoms with Gasteiger partial charge < -0.3 is 9.13 Å². The van der Waals surface area contributed by atoms with E-state index in [0.29, 0.717) is 33.6 Å². The number of hydrogen-bond acceptors (Lipinski definition) is 1. The Morgan fingerprint density at radius 2 is 0.873 bits per heavy atom. The Balaban J connectivity index is 1.21. The smallest absolute Gasteiger partial charge is 0.311 e. The van der Waals surface area contributed by atoms with Gasteiger partial charge in [0.1, 0.15) is 0 Å². The molecule has 0 saturated heterocycles. The van der Waals surface area contributed by atoms with Crippen molar-refractivity contribution in [2.45, 2.75) is 67.5 Å². The Morgan fingerprint density at radius 1 is 0.430 bits per heavy atom. The number of nitrogens with zero attached hydrogens (tertiary/aromatic N) is 3. The van der Waals surface area contributed by atoms with E-state index in [2.05, 4.69) is 222 Å². The third-order valence-electron chi connectivity index (χ3n) is 16.0. The monoisotopic (exact) mass is 1030 g/mol. The van der Waals surface area contributed by atoms with E-state index in [1.807, 2.05) is 18.2 Å². The molecule has 0 saturated carbocycles. The molecule has 0 bridgehead atoms. The summed E-state index contributed by atoms with van der Waals surface area (Å²) in [6, 6.07) is 56.8. The summed E-state index contributed by atoms with van der Waals surface area (Å²) in [6.07, 6.45) is 5.98. The molecule has 9 aromatic carbocycles. The second-order valence-electron chi connectivity index (χ2n) is 22.3. The Bertz CT molecular complexity index is 4390. The molecule has 0 N–H and O–H groups in total. The van der Waals surface area contributed by atoms with Crippen LogP contribution in [-0.4, -0.2) is 9.13 Å². The van der Waals surface area contributed by atoms with Gasteiger partial charge in [-0.3, -0.25) is 0 Å². The molecule has 6 heteroatoms. The number of nitriles is 1. The molecule has 1 aliphatic carbocycles. The van der Waals surface area contributed by atoms with E-state index in [1.54, 1.807) is 6.07 Å². The summed E-state index contributed by atoms with van der Waals surface area (Å²) >= 11 is 0. The van der Waals surface area contributed by atoms with Gasteiger partial charge in [0.15, 0.2) is 0 Å². The van der Waals surface area contributed by atoms with Gasteiger partial charge in [0.2, 0.25) is 0 Å². The van der Waals surface area contributed by atoms with Crippen LogP contribution in [0.2, 0.25) is 0 Å². The molecule has 0 spiro atoms. The zero-order valence-corrected chi connectivity index (χ0v) is 45.5. The van der Waals surface area contributed by atoms with Crippen LogP contribution in [0.3, 0.4) is 0 Å². The van der Waals surface area contributed by atoms with E-state index in [1.165, 1.54) is 12.1 Å². The van der Waals surface area contributed by atoms with E-state index in [-0.39, 0.29) is 0 Å². The number of allylic oxidation sites excluding steroid dienone is 4. The van der Waals surface area contributed by atoms with E-state index < -0.39 is 17.7 Å². The number of rotatable bonds is 5. The van der Waals surface area contributed by atoms with Gasteiger partial charge >= 0.3 is 6.18 Å². The molecule has 0 unspecified atom stereocenters. The third-order valence-corrected chi connectivity index (χ3v) is 16.0. The van der Waals surface area contributed by atoms with Crippen LogP contribution in [0.4, 0.5) is 13.2 Å². The molecule has 0 radical (unpaired) electrons. The van der Waals surface area contributed by atoms with Crippen LogP contribution < -0.4 is 0 Å². The minimum atomic E-state index is -4.61. The van der Waals surface area contributed by atoms with Crippen molar-refractivity contribution in [1.82, 2.24) is 9.13 Å². The number of benzene rings is 9. The minimum Gasteiger partial charge on any atom is -0.311 e. The van der Waals surface area contributed by atoms with Crippen molar-refractivity contribution in [2.24, 2.45) is 0 Å². The topological polar surface area (TPSA) is 33.6 Å². The van der Waals surface area contributed by atoms with Crippen LogP contribution >= 0.6 is 0 Å². The van der Waals surface area contributed by atoms with E-state index in [0.717, 1.165) is 133 Å². The molecule has 1 atom stereocenters. The Labute approximate surface area is 459 Å². The first kappa shape index (κ1) is 49.4. The molecular formula is C73H56F3N3. The van der Waals surface area contributed by atoms with Crippen molar-refractivity contribution in [1.29, 1.82) is 5.26 Å². The van der Waals surface area contributed by atoms with Crippen LogP contribution in [0.25, 0.3) is 106 Å². The summed E-state index contributed by atoms with van der Waals surface area (Å²) in [5.41, 5.74) is 25.0. The van der Waals surface area contributed by atoms with Gasteiger partial charge in [-0.25, -0.2) is 0 Å². The average Bonchev–Trinajstić information content (AvgIpc) is 3.64. The lowest BCUT2D eigenvalue weighted by Gasteiger charge is -2.23. The summed E-state index contributed by atoms with van der Waals surface area (Å²) in [5, 5.41) is 14.5. The maximum Gasteiger partial charge on any atom is 0.416 e. The Kier molecular flexibility index (Phi) is 11.6.